The molecule has 0 aliphatic carbocycles. The molecule has 0 unspecified atom stereocenters. The van der Waals surface area contributed by atoms with Crippen molar-refractivity contribution in [3.8, 4) is 11.1 Å². The van der Waals surface area contributed by atoms with Crippen molar-refractivity contribution in [3.05, 3.63) is 64.6 Å². The fraction of sp³-hybridized carbons (Fsp3) is 0.393. The molecule has 0 saturated carbocycles. The molecule has 1 aromatic heterocycles. The predicted molar refractivity (Wildman–Crippen MR) is 146 cm³/mol. The first kappa shape index (κ1) is 29.1. The maximum absolute atomic E-state index is 15.0. The van der Waals surface area contributed by atoms with Crippen LogP contribution in [0.1, 0.15) is 25.5 Å². The number of benzene rings is 2. The van der Waals surface area contributed by atoms with Gasteiger partial charge in [-0.2, -0.15) is 18.2 Å². The van der Waals surface area contributed by atoms with Gasteiger partial charge in [-0.15, -0.1) is 11.8 Å². The quantitative estimate of drug-likeness (QED) is 0.297. The lowest BCUT2D eigenvalue weighted by molar-refractivity contribution is -0.137. The van der Waals surface area contributed by atoms with Crippen molar-refractivity contribution in [3.63, 3.8) is 0 Å². The molecular weight excluding hydrogens is 567 g/mol. The third-order valence-corrected chi connectivity index (χ3v) is 8.68. The molecule has 0 radical (unpaired) electrons. The summed E-state index contributed by atoms with van der Waals surface area (Å²) in [4.78, 5) is 33.6. The standard InChI is InChI=1S/C28H27F5N4O3S/c1-5-22(38)36-14(2)10-35(11-15(36)3)26-19-9-20(28(31,32)33)23(18-7-6-16(29)8-21(18)30)25-24(19)37(27(39)34-26)17(12-40-4)13-41-25/h5-9,14-15,17H,1,10-13H2,2-4H3/t14-,15+,17-/m0/s1. The monoisotopic (exact) mass is 594 g/mol. The van der Waals surface area contributed by atoms with Crippen molar-refractivity contribution < 1.29 is 31.5 Å². The van der Waals surface area contributed by atoms with Crippen LogP contribution in [-0.4, -0.2) is 65.0 Å². The van der Waals surface area contributed by atoms with E-state index in [4.69, 9.17) is 4.74 Å². The van der Waals surface area contributed by atoms with E-state index in [1.807, 2.05) is 0 Å². The summed E-state index contributed by atoms with van der Waals surface area (Å²) in [7, 11) is 1.45. The number of alkyl halides is 3. The number of halogens is 5. The number of hydrogen-bond donors (Lipinski definition) is 0. The van der Waals surface area contributed by atoms with Gasteiger partial charge < -0.3 is 14.5 Å². The average molecular weight is 595 g/mol. The zero-order valence-electron chi connectivity index (χ0n) is 22.5. The van der Waals surface area contributed by atoms with Gasteiger partial charge in [-0.3, -0.25) is 9.36 Å². The Hall–Kier alpha value is -3.45. The Morgan fingerprint density at radius 2 is 1.88 bits per heavy atom. The second kappa shape index (κ2) is 10.8. The number of amides is 1. The summed E-state index contributed by atoms with van der Waals surface area (Å²) in [5, 5.41) is 0.0643. The Labute approximate surface area is 236 Å². The summed E-state index contributed by atoms with van der Waals surface area (Å²) in [6, 6.07) is 2.03. The summed E-state index contributed by atoms with van der Waals surface area (Å²) < 4.78 is 79.4. The first-order valence-electron chi connectivity index (χ1n) is 12.8. The molecule has 2 aromatic carbocycles. The van der Waals surface area contributed by atoms with Gasteiger partial charge in [0.1, 0.15) is 17.5 Å². The van der Waals surface area contributed by atoms with Crippen LogP contribution < -0.4 is 10.6 Å². The molecule has 1 fully saturated rings. The zero-order chi connectivity index (χ0) is 29.8. The van der Waals surface area contributed by atoms with E-state index < -0.39 is 46.2 Å². The number of thioether (sulfide) groups is 1. The second-order valence-corrected chi connectivity index (χ2v) is 11.2. The van der Waals surface area contributed by atoms with Crippen molar-refractivity contribution in [1.82, 2.24) is 14.5 Å². The zero-order valence-corrected chi connectivity index (χ0v) is 23.3. The summed E-state index contributed by atoms with van der Waals surface area (Å²) >= 11 is 1.06. The summed E-state index contributed by atoms with van der Waals surface area (Å²) in [6.07, 6.45) is -3.71. The van der Waals surface area contributed by atoms with E-state index in [9.17, 15) is 27.2 Å². The summed E-state index contributed by atoms with van der Waals surface area (Å²) in [5.74, 6) is -2.15. The van der Waals surface area contributed by atoms with E-state index in [0.717, 1.165) is 30.0 Å². The molecule has 7 nitrogen and oxygen atoms in total. The molecule has 1 amide bonds. The first-order valence-corrected chi connectivity index (χ1v) is 13.8. The molecule has 41 heavy (non-hydrogen) atoms. The molecule has 2 aliphatic rings. The van der Waals surface area contributed by atoms with E-state index >= 15 is 4.39 Å². The van der Waals surface area contributed by atoms with Gasteiger partial charge in [0.2, 0.25) is 5.91 Å². The fourth-order valence-corrected chi connectivity index (χ4v) is 7.18. The smallest absolute Gasteiger partial charge is 0.383 e. The van der Waals surface area contributed by atoms with Gasteiger partial charge in [-0.05, 0) is 38.1 Å². The molecule has 3 atom stereocenters. The van der Waals surface area contributed by atoms with Gasteiger partial charge in [0.25, 0.3) is 0 Å². The van der Waals surface area contributed by atoms with Crippen LogP contribution in [0.4, 0.5) is 27.8 Å². The molecular formula is C28H27F5N4O3S. The Morgan fingerprint density at radius 3 is 2.46 bits per heavy atom. The highest BCUT2D eigenvalue weighted by Crippen LogP contribution is 2.50. The van der Waals surface area contributed by atoms with Gasteiger partial charge in [0, 0.05) is 65.5 Å². The number of ether oxygens (including phenoxy) is 1. The van der Waals surface area contributed by atoms with Crippen molar-refractivity contribution in [1.29, 1.82) is 0 Å². The molecule has 1 saturated heterocycles. The molecule has 0 bridgehead atoms. The summed E-state index contributed by atoms with van der Waals surface area (Å²) in [5.41, 5.74) is -2.53. The molecule has 13 heteroatoms. The Balaban J connectivity index is 1.83. The van der Waals surface area contributed by atoms with E-state index in [2.05, 4.69) is 11.6 Å². The Kier molecular flexibility index (Phi) is 7.62. The number of hydrogen-bond acceptors (Lipinski definition) is 6. The lowest BCUT2D eigenvalue weighted by Crippen LogP contribution is -2.58. The number of methoxy groups -OCH3 is 1. The van der Waals surface area contributed by atoms with Crippen molar-refractivity contribution in [2.45, 2.75) is 43.0 Å². The van der Waals surface area contributed by atoms with Crippen LogP contribution in [0.3, 0.4) is 0 Å². The molecule has 3 aromatic rings. The second-order valence-electron chi connectivity index (χ2n) is 10.2. The maximum atomic E-state index is 15.0. The minimum atomic E-state index is -4.92. The normalized spacial score (nSPS) is 20.9. The third kappa shape index (κ3) is 4.99. The molecule has 0 spiro atoms. The van der Waals surface area contributed by atoms with E-state index in [-0.39, 0.29) is 65.1 Å². The van der Waals surface area contributed by atoms with Crippen LogP contribution in [0, 0.1) is 11.6 Å². The number of aromatic nitrogens is 2. The number of carbonyl (C=O) groups excluding carboxylic acids is 1. The minimum absolute atomic E-state index is 0.0437. The highest BCUT2D eigenvalue weighted by molar-refractivity contribution is 7.99. The van der Waals surface area contributed by atoms with Gasteiger partial charge in [0.15, 0.2) is 0 Å². The van der Waals surface area contributed by atoms with Crippen molar-refractivity contribution in [2.24, 2.45) is 0 Å². The average Bonchev–Trinajstić information content (AvgIpc) is 2.90. The third-order valence-electron chi connectivity index (χ3n) is 7.44. The van der Waals surface area contributed by atoms with E-state index in [1.54, 1.807) is 23.6 Å². The molecule has 0 N–H and O–H groups in total. The van der Waals surface area contributed by atoms with Crippen LogP contribution in [0.2, 0.25) is 0 Å². The number of nitrogens with zero attached hydrogens (tertiary/aromatic N) is 4. The fourth-order valence-electron chi connectivity index (χ4n) is 5.87. The topological polar surface area (TPSA) is 67.7 Å². The maximum Gasteiger partial charge on any atom is 0.417 e. The highest BCUT2D eigenvalue weighted by atomic mass is 32.2. The lowest BCUT2D eigenvalue weighted by atomic mass is 9.95. The molecule has 5 rings (SSSR count). The first-order chi connectivity index (χ1) is 19.4. The predicted octanol–water partition coefficient (Wildman–Crippen LogP) is 5.27. The van der Waals surface area contributed by atoms with Gasteiger partial charge in [-0.25, -0.2) is 13.6 Å². The van der Waals surface area contributed by atoms with Gasteiger partial charge >= 0.3 is 11.9 Å². The number of anilines is 1. The molecule has 3 heterocycles. The minimum Gasteiger partial charge on any atom is -0.383 e. The van der Waals surface area contributed by atoms with Crippen molar-refractivity contribution in [2.75, 3.05) is 37.5 Å². The van der Waals surface area contributed by atoms with Crippen LogP contribution in [-0.2, 0) is 15.7 Å². The van der Waals surface area contributed by atoms with E-state index in [1.165, 1.54) is 17.8 Å². The van der Waals surface area contributed by atoms with Gasteiger partial charge in [0.05, 0.1) is 23.7 Å². The number of rotatable bonds is 5. The van der Waals surface area contributed by atoms with Crippen LogP contribution >= 0.6 is 11.8 Å². The SMILES string of the molecule is C=CC(=O)N1[C@H](C)CN(c2nc(=O)n3c4c(c(-c5ccc(F)cc5F)c(C(F)(F)F)cc24)SC[C@@H]3COC)C[C@@H]1C. The van der Waals surface area contributed by atoms with Crippen molar-refractivity contribution >= 4 is 34.4 Å². The lowest BCUT2D eigenvalue weighted by Gasteiger charge is -2.45. The molecule has 2 aliphatic heterocycles. The van der Waals surface area contributed by atoms with Crippen LogP contribution in [0.15, 0.2) is 46.6 Å². The number of carbonyl (C=O) groups is 1. The van der Waals surface area contributed by atoms with Gasteiger partial charge in [-0.1, -0.05) is 6.58 Å². The summed E-state index contributed by atoms with van der Waals surface area (Å²) in [6.45, 7) is 7.63. The molecule has 218 valence electrons. The van der Waals surface area contributed by atoms with Crippen LogP contribution in [0.5, 0.6) is 0 Å². The Morgan fingerprint density at radius 1 is 1.20 bits per heavy atom. The highest BCUT2D eigenvalue weighted by Gasteiger charge is 2.41. The van der Waals surface area contributed by atoms with E-state index in [0.29, 0.717) is 6.07 Å². The Bertz CT molecular complexity index is 1600. The van der Waals surface area contributed by atoms with Crippen LogP contribution in [0.25, 0.3) is 22.0 Å². The number of piperazine rings is 1. The largest absolute Gasteiger partial charge is 0.417 e.